The Kier molecular flexibility index (Phi) is 8.25. The number of anilines is 1. The maximum Gasteiger partial charge on any atom is 0.310 e. The Morgan fingerprint density at radius 2 is 1.79 bits per heavy atom. The highest BCUT2D eigenvalue weighted by molar-refractivity contribution is 6.34. The van der Waals surface area contributed by atoms with Gasteiger partial charge in [-0.3, -0.25) is 9.59 Å². The number of carbonyl (C=O) groups excluding carboxylic acids is 2. The molecule has 0 aliphatic carbocycles. The maximum atomic E-state index is 15.0. The Morgan fingerprint density at radius 1 is 1.00 bits per heavy atom. The molecule has 1 N–H and O–H groups in total. The highest BCUT2D eigenvalue weighted by atomic mass is 35.5. The highest BCUT2D eigenvalue weighted by Crippen LogP contribution is 2.29. The summed E-state index contributed by atoms with van der Waals surface area (Å²) in [5, 5.41) is 2.63. The Bertz CT molecular complexity index is 1190. The minimum atomic E-state index is -0.985. The lowest BCUT2D eigenvalue weighted by molar-refractivity contribution is -0.142. The van der Waals surface area contributed by atoms with Gasteiger partial charge in [-0.1, -0.05) is 41.4 Å². The molecule has 0 aliphatic heterocycles. The molecule has 0 spiro atoms. The van der Waals surface area contributed by atoms with Gasteiger partial charge in [0.25, 0.3) is 5.91 Å². The summed E-state index contributed by atoms with van der Waals surface area (Å²) in [5.74, 6) is -3.44. The molecule has 172 valence electrons. The van der Waals surface area contributed by atoms with Crippen molar-refractivity contribution in [2.24, 2.45) is 0 Å². The van der Waals surface area contributed by atoms with E-state index in [0.29, 0.717) is 16.1 Å². The molecule has 0 unspecified atom stereocenters. The zero-order valence-electron chi connectivity index (χ0n) is 17.5. The number of rotatable bonds is 8. The Hall–Kier alpha value is -3.16. The summed E-state index contributed by atoms with van der Waals surface area (Å²) in [6.07, 6.45) is -0.120. The number of esters is 1. The van der Waals surface area contributed by atoms with E-state index >= 15 is 4.39 Å². The van der Waals surface area contributed by atoms with Crippen molar-refractivity contribution in [3.05, 3.63) is 93.0 Å². The lowest BCUT2D eigenvalue weighted by Gasteiger charge is -2.13. The lowest BCUT2D eigenvalue weighted by Crippen LogP contribution is -2.16. The fourth-order valence-corrected chi connectivity index (χ4v) is 3.42. The van der Waals surface area contributed by atoms with Gasteiger partial charge in [-0.05, 0) is 54.4 Å². The zero-order valence-corrected chi connectivity index (χ0v) is 19.0. The molecule has 0 radical (unpaired) electrons. The van der Waals surface area contributed by atoms with E-state index in [1.54, 1.807) is 31.2 Å². The molecular formula is C24H19Cl2F2NO4. The average Bonchev–Trinajstić information content (AvgIpc) is 2.75. The molecule has 0 atom stereocenters. The summed E-state index contributed by atoms with van der Waals surface area (Å²) < 4.78 is 39.8. The number of hydrogen-bond donors (Lipinski definition) is 1. The SMILES string of the molecule is CCOC(=O)Cc1ccc(NC(=O)c2c(Cl)ccc(OCc3cccc(Cl)c3)c2F)c(F)c1. The van der Waals surface area contributed by atoms with Crippen molar-refractivity contribution in [1.29, 1.82) is 0 Å². The monoisotopic (exact) mass is 493 g/mol. The third-order valence-electron chi connectivity index (χ3n) is 4.50. The van der Waals surface area contributed by atoms with Gasteiger partial charge in [0.2, 0.25) is 0 Å². The van der Waals surface area contributed by atoms with Crippen LogP contribution in [0.25, 0.3) is 0 Å². The molecule has 0 saturated heterocycles. The molecule has 0 aromatic heterocycles. The second-order valence-corrected chi connectivity index (χ2v) is 7.75. The van der Waals surface area contributed by atoms with E-state index in [4.69, 9.17) is 32.7 Å². The summed E-state index contributed by atoms with van der Waals surface area (Å²) in [6.45, 7) is 1.89. The Labute approximate surface area is 199 Å². The number of amides is 1. The molecule has 0 aliphatic rings. The molecule has 0 saturated carbocycles. The highest BCUT2D eigenvalue weighted by Gasteiger charge is 2.22. The molecule has 5 nitrogen and oxygen atoms in total. The number of benzene rings is 3. The molecule has 0 heterocycles. The van der Waals surface area contributed by atoms with E-state index in [2.05, 4.69) is 5.32 Å². The number of ether oxygens (including phenoxy) is 2. The van der Waals surface area contributed by atoms with E-state index in [1.807, 2.05) is 0 Å². The van der Waals surface area contributed by atoms with Crippen LogP contribution in [-0.2, 0) is 22.6 Å². The van der Waals surface area contributed by atoms with Gasteiger partial charge in [0.15, 0.2) is 11.6 Å². The fraction of sp³-hybridized carbons (Fsp3) is 0.167. The van der Waals surface area contributed by atoms with E-state index < -0.39 is 29.1 Å². The van der Waals surface area contributed by atoms with Crippen molar-refractivity contribution in [1.82, 2.24) is 0 Å². The second-order valence-electron chi connectivity index (χ2n) is 6.90. The van der Waals surface area contributed by atoms with Gasteiger partial charge in [0.05, 0.1) is 29.3 Å². The first-order valence-corrected chi connectivity index (χ1v) is 10.6. The van der Waals surface area contributed by atoms with Crippen molar-refractivity contribution >= 4 is 40.8 Å². The number of hydrogen-bond acceptors (Lipinski definition) is 4. The van der Waals surface area contributed by atoms with E-state index in [9.17, 15) is 14.0 Å². The Balaban J connectivity index is 1.75. The third-order valence-corrected chi connectivity index (χ3v) is 5.05. The fourth-order valence-electron chi connectivity index (χ4n) is 2.97. The molecule has 3 rings (SSSR count). The van der Waals surface area contributed by atoms with Gasteiger partial charge >= 0.3 is 5.97 Å². The van der Waals surface area contributed by atoms with Crippen LogP contribution in [0.3, 0.4) is 0 Å². The van der Waals surface area contributed by atoms with Crippen LogP contribution in [0.5, 0.6) is 5.75 Å². The molecule has 3 aromatic rings. The molecular weight excluding hydrogens is 475 g/mol. The van der Waals surface area contributed by atoms with Crippen LogP contribution in [0, 0.1) is 11.6 Å². The van der Waals surface area contributed by atoms with E-state index in [-0.39, 0.29) is 36.1 Å². The minimum Gasteiger partial charge on any atom is -0.486 e. The van der Waals surface area contributed by atoms with Crippen LogP contribution in [0.2, 0.25) is 10.0 Å². The van der Waals surface area contributed by atoms with Crippen LogP contribution in [0.4, 0.5) is 14.5 Å². The summed E-state index contributed by atoms with van der Waals surface area (Å²) in [6, 6.07) is 13.3. The quantitative estimate of drug-likeness (QED) is 0.379. The van der Waals surface area contributed by atoms with Crippen molar-refractivity contribution in [2.45, 2.75) is 20.0 Å². The van der Waals surface area contributed by atoms with E-state index in [1.165, 1.54) is 24.3 Å². The first-order valence-electron chi connectivity index (χ1n) is 9.89. The molecule has 1 amide bonds. The first-order chi connectivity index (χ1) is 15.8. The smallest absolute Gasteiger partial charge is 0.310 e. The van der Waals surface area contributed by atoms with Crippen LogP contribution in [-0.4, -0.2) is 18.5 Å². The standard InChI is InChI=1S/C24H19Cl2F2NO4/c1-2-32-21(30)12-14-6-8-19(18(27)11-14)29-24(31)22-17(26)7-9-20(23(22)28)33-13-15-4-3-5-16(25)10-15/h3-11H,2,12-13H2,1H3,(H,29,31). The summed E-state index contributed by atoms with van der Waals surface area (Å²) in [5.41, 5.74) is 0.376. The van der Waals surface area contributed by atoms with Crippen LogP contribution < -0.4 is 10.1 Å². The van der Waals surface area contributed by atoms with Crippen LogP contribution in [0.1, 0.15) is 28.4 Å². The number of nitrogens with one attached hydrogen (secondary N) is 1. The molecule has 33 heavy (non-hydrogen) atoms. The van der Waals surface area contributed by atoms with Crippen molar-refractivity contribution in [3.63, 3.8) is 0 Å². The first kappa shape index (κ1) is 24.5. The van der Waals surface area contributed by atoms with Crippen LogP contribution in [0.15, 0.2) is 54.6 Å². The Morgan fingerprint density at radius 3 is 2.48 bits per heavy atom. The topological polar surface area (TPSA) is 64.6 Å². The zero-order chi connectivity index (χ0) is 24.0. The maximum absolute atomic E-state index is 15.0. The second kappa shape index (κ2) is 11.1. The van der Waals surface area contributed by atoms with Crippen molar-refractivity contribution in [3.8, 4) is 5.75 Å². The molecule has 0 bridgehead atoms. The predicted molar refractivity (Wildman–Crippen MR) is 122 cm³/mol. The molecule has 9 heteroatoms. The number of halogens is 4. The van der Waals surface area contributed by atoms with Gasteiger partial charge < -0.3 is 14.8 Å². The van der Waals surface area contributed by atoms with Crippen molar-refractivity contribution < 1.29 is 27.8 Å². The van der Waals surface area contributed by atoms with E-state index in [0.717, 1.165) is 6.07 Å². The van der Waals surface area contributed by atoms with Gasteiger partial charge in [0, 0.05) is 5.02 Å². The predicted octanol–water partition coefficient (Wildman–Crippen LogP) is 6.21. The molecule has 0 fully saturated rings. The van der Waals surface area contributed by atoms with Crippen molar-refractivity contribution in [2.75, 3.05) is 11.9 Å². The van der Waals surface area contributed by atoms with Crippen LogP contribution >= 0.6 is 23.2 Å². The number of carbonyl (C=O) groups is 2. The van der Waals surface area contributed by atoms with Gasteiger partial charge in [0.1, 0.15) is 12.4 Å². The minimum absolute atomic E-state index is 0.0106. The van der Waals surface area contributed by atoms with Gasteiger partial charge in [-0.15, -0.1) is 0 Å². The normalized spacial score (nSPS) is 10.6. The average molecular weight is 494 g/mol. The van der Waals surface area contributed by atoms with Gasteiger partial charge in [-0.25, -0.2) is 8.78 Å². The lowest BCUT2D eigenvalue weighted by atomic mass is 10.1. The third kappa shape index (κ3) is 6.43. The van der Waals surface area contributed by atoms with Gasteiger partial charge in [-0.2, -0.15) is 0 Å². The summed E-state index contributed by atoms with van der Waals surface area (Å²) in [4.78, 5) is 24.2. The molecule has 3 aromatic carbocycles. The summed E-state index contributed by atoms with van der Waals surface area (Å²) >= 11 is 12.0. The largest absolute Gasteiger partial charge is 0.486 e. The summed E-state index contributed by atoms with van der Waals surface area (Å²) in [7, 11) is 0.